The SMILES string of the molecule is O=c1c2cn(Cc3ccc(-n4cccn4)cc3)c3cccnc3c-2nn1-c1ccccc1F. The highest BCUT2D eigenvalue weighted by atomic mass is 19.1. The van der Waals surface area contributed by atoms with Gasteiger partial charge in [0.1, 0.15) is 22.7 Å². The monoisotopic (exact) mass is 436 g/mol. The number of hydrogen-bond donors (Lipinski definition) is 0. The Morgan fingerprint density at radius 2 is 1.76 bits per heavy atom. The Morgan fingerprint density at radius 3 is 2.55 bits per heavy atom. The summed E-state index contributed by atoms with van der Waals surface area (Å²) < 4.78 is 19.3. The fourth-order valence-electron chi connectivity index (χ4n) is 4.03. The van der Waals surface area contributed by atoms with Crippen LogP contribution in [-0.2, 0) is 6.54 Å². The van der Waals surface area contributed by atoms with Crippen molar-refractivity contribution in [2.75, 3.05) is 0 Å². The highest BCUT2D eigenvalue weighted by molar-refractivity contribution is 5.90. The number of pyridine rings is 2. The second kappa shape index (κ2) is 7.52. The van der Waals surface area contributed by atoms with Gasteiger partial charge in [0, 0.05) is 31.3 Å². The van der Waals surface area contributed by atoms with Crippen molar-refractivity contribution in [3.05, 3.63) is 113 Å². The number of hydrogen-bond acceptors (Lipinski definition) is 4. The summed E-state index contributed by atoms with van der Waals surface area (Å²) in [5.74, 6) is -0.509. The van der Waals surface area contributed by atoms with E-state index in [-0.39, 0.29) is 11.2 Å². The van der Waals surface area contributed by atoms with Crippen molar-refractivity contribution in [3.63, 3.8) is 0 Å². The fourth-order valence-corrected chi connectivity index (χ4v) is 4.03. The van der Waals surface area contributed by atoms with Gasteiger partial charge in [-0.1, -0.05) is 24.3 Å². The summed E-state index contributed by atoms with van der Waals surface area (Å²) in [5, 5.41) is 8.69. The smallest absolute Gasteiger partial charge is 0.282 e. The lowest BCUT2D eigenvalue weighted by Gasteiger charge is -2.13. The summed E-state index contributed by atoms with van der Waals surface area (Å²) in [6.07, 6.45) is 7.06. The van der Waals surface area contributed by atoms with Crippen LogP contribution >= 0.6 is 0 Å². The maximum Gasteiger partial charge on any atom is 0.282 e. The number of fused-ring (bicyclic) bond motifs is 3. The van der Waals surface area contributed by atoms with E-state index >= 15 is 0 Å². The highest BCUT2D eigenvalue weighted by Crippen LogP contribution is 2.27. The van der Waals surface area contributed by atoms with Crippen molar-refractivity contribution in [3.8, 4) is 22.6 Å². The van der Waals surface area contributed by atoms with Crippen molar-refractivity contribution in [1.29, 1.82) is 0 Å². The molecule has 0 radical (unpaired) electrons. The van der Waals surface area contributed by atoms with Crippen LogP contribution in [0.25, 0.3) is 33.7 Å². The van der Waals surface area contributed by atoms with Crippen molar-refractivity contribution in [2.45, 2.75) is 6.54 Å². The maximum atomic E-state index is 14.4. The van der Waals surface area contributed by atoms with Gasteiger partial charge in [0.15, 0.2) is 0 Å². The Morgan fingerprint density at radius 1 is 0.909 bits per heavy atom. The molecule has 0 saturated heterocycles. The normalized spacial score (nSPS) is 11.4. The van der Waals surface area contributed by atoms with Gasteiger partial charge in [-0.2, -0.15) is 14.9 Å². The Bertz CT molecular complexity index is 1620. The summed E-state index contributed by atoms with van der Waals surface area (Å²) >= 11 is 0. The average Bonchev–Trinajstić information content (AvgIpc) is 3.49. The highest BCUT2D eigenvalue weighted by Gasteiger charge is 2.22. The van der Waals surface area contributed by atoms with E-state index in [0.29, 0.717) is 23.3 Å². The van der Waals surface area contributed by atoms with E-state index in [4.69, 9.17) is 0 Å². The van der Waals surface area contributed by atoms with E-state index in [9.17, 15) is 9.18 Å². The van der Waals surface area contributed by atoms with E-state index in [1.807, 2.05) is 53.2 Å². The minimum absolute atomic E-state index is 0.114. The molecule has 0 unspecified atom stereocenters. The van der Waals surface area contributed by atoms with Crippen LogP contribution in [0.15, 0.2) is 96.3 Å². The van der Waals surface area contributed by atoms with Crippen LogP contribution in [-0.4, -0.2) is 29.1 Å². The van der Waals surface area contributed by atoms with Crippen molar-refractivity contribution < 1.29 is 4.39 Å². The summed E-state index contributed by atoms with van der Waals surface area (Å²) in [5.41, 5.74) is 4.00. The Hall–Kier alpha value is -4.59. The average molecular weight is 436 g/mol. The molecule has 0 saturated carbocycles. The van der Waals surface area contributed by atoms with Gasteiger partial charge in [-0.05, 0) is 48.0 Å². The zero-order chi connectivity index (χ0) is 22.4. The number of benzene rings is 2. The van der Waals surface area contributed by atoms with Crippen LogP contribution in [0.5, 0.6) is 0 Å². The molecule has 0 amide bonds. The molecule has 0 atom stereocenters. The second-order valence-corrected chi connectivity index (χ2v) is 7.68. The molecule has 160 valence electrons. The minimum atomic E-state index is -0.509. The van der Waals surface area contributed by atoms with Crippen LogP contribution in [0.3, 0.4) is 0 Å². The first kappa shape index (κ1) is 19.1. The zero-order valence-electron chi connectivity index (χ0n) is 17.3. The molecule has 0 bridgehead atoms. The van der Waals surface area contributed by atoms with E-state index in [2.05, 4.69) is 15.2 Å². The first-order valence-corrected chi connectivity index (χ1v) is 10.4. The van der Waals surface area contributed by atoms with E-state index in [1.54, 1.807) is 35.4 Å². The fraction of sp³-hybridized carbons (Fsp3) is 0.0400. The summed E-state index contributed by atoms with van der Waals surface area (Å²) in [6, 6.07) is 19.8. The molecular weight excluding hydrogens is 419 g/mol. The lowest BCUT2D eigenvalue weighted by atomic mass is 10.1. The van der Waals surface area contributed by atoms with Gasteiger partial charge < -0.3 is 4.57 Å². The molecule has 2 aliphatic heterocycles. The zero-order valence-corrected chi connectivity index (χ0v) is 17.3. The number of nitrogens with zero attached hydrogens (tertiary/aromatic N) is 6. The van der Waals surface area contributed by atoms with Gasteiger partial charge in [0.2, 0.25) is 0 Å². The van der Waals surface area contributed by atoms with Crippen molar-refractivity contribution in [2.24, 2.45) is 0 Å². The third kappa shape index (κ3) is 3.20. The number of aromatic nitrogens is 6. The molecule has 2 aromatic heterocycles. The summed E-state index contributed by atoms with van der Waals surface area (Å²) in [7, 11) is 0. The topological polar surface area (TPSA) is 70.5 Å². The standard InChI is InChI=1S/C25H17FN6O/c26-20-5-1-2-6-21(20)32-25(33)19-16-30(22-7-3-12-27-24(22)23(19)29-32)15-17-8-10-18(11-9-17)31-14-4-13-28-31/h1-14,16H,15H2. The van der Waals surface area contributed by atoms with Crippen LogP contribution in [0.4, 0.5) is 4.39 Å². The number of para-hydroxylation sites is 1. The Kier molecular flexibility index (Phi) is 4.36. The molecule has 7 nitrogen and oxygen atoms in total. The Labute approximate surface area is 187 Å². The third-order valence-electron chi connectivity index (χ3n) is 5.62. The minimum Gasteiger partial charge on any atom is -0.341 e. The van der Waals surface area contributed by atoms with Gasteiger partial charge in [0.05, 0.1) is 16.8 Å². The van der Waals surface area contributed by atoms with Crippen LogP contribution in [0, 0.1) is 5.82 Å². The first-order valence-electron chi connectivity index (χ1n) is 10.4. The molecule has 2 aromatic carbocycles. The first-order chi connectivity index (χ1) is 16.2. The molecule has 6 rings (SSSR count). The quantitative estimate of drug-likeness (QED) is 0.418. The van der Waals surface area contributed by atoms with Gasteiger partial charge in [-0.25, -0.2) is 9.07 Å². The van der Waals surface area contributed by atoms with E-state index < -0.39 is 5.82 Å². The predicted octanol–water partition coefficient (Wildman–Crippen LogP) is 4.06. The van der Waals surface area contributed by atoms with Crippen LogP contribution in [0.1, 0.15) is 5.56 Å². The molecule has 0 spiro atoms. The van der Waals surface area contributed by atoms with E-state index in [0.717, 1.165) is 21.4 Å². The van der Waals surface area contributed by atoms with Gasteiger partial charge >= 0.3 is 0 Å². The van der Waals surface area contributed by atoms with Crippen LogP contribution < -0.4 is 5.56 Å². The molecular formula is C25H17FN6O. The lowest BCUT2D eigenvalue weighted by molar-refractivity contribution is 0.609. The molecule has 4 heterocycles. The summed E-state index contributed by atoms with van der Waals surface area (Å²) in [4.78, 5) is 17.7. The van der Waals surface area contributed by atoms with E-state index in [1.165, 1.54) is 12.1 Å². The molecule has 4 aromatic rings. The van der Waals surface area contributed by atoms with Crippen molar-refractivity contribution >= 4 is 11.0 Å². The van der Waals surface area contributed by atoms with Crippen LogP contribution in [0.2, 0.25) is 0 Å². The lowest BCUT2D eigenvalue weighted by Crippen LogP contribution is -2.16. The third-order valence-corrected chi connectivity index (χ3v) is 5.62. The Balaban J connectivity index is 1.48. The molecule has 0 N–H and O–H groups in total. The predicted molar refractivity (Wildman–Crippen MR) is 122 cm³/mol. The van der Waals surface area contributed by atoms with Crippen molar-refractivity contribution in [1.82, 2.24) is 29.1 Å². The second-order valence-electron chi connectivity index (χ2n) is 7.68. The molecule has 8 heteroatoms. The molecule has 0 aliphatic carbocycles. The van der Waals surface area contributed by atoms with Gasteiger partial charge in [-0.15, -0.1) is 0 Å². The molecule has 2 aliphatic rings. The van der Waals surface area contributed by atoms with Gasteiger partial charge in [-0.3, -0.25) is 9.78 Å². The number of rotatable bonds is 4. The van der Waals surface area contributed by atoms with Gasteiger partial charge in [0.25, 0.3) is 5.56 Å². The molecule has 0 fully saturated rings. The summed E-state index contributed by atoms with van der Waals surface area (Å²) in [6.45, 7) is 0.530. The molecule has 33 heavy (non-hydrogen) atoms. The maximum absolute atomic E-state index is 14.4. The number of halogens is 1. The largest absolute Gasteiger partial charge is 0.341 e.